The van der Waals surface area contributed by atoms with Gasteiger partial charge < -0.3 is 20.3 Å². The van der Waals surface area contributed by atoms with Crippen LogP contribution in [-0.4, -0.2) is 61.3 Å². The third-order valence-corrected chi connectivity index (χ3v) is 3.91. The first kappa shape index (κ1) is 13.6. The Morgan fingerprint density at radius 1 is 1.22 bits per heavy atom. The topological polar surface area (TPSA) is 58.8 Å². The summed E-state index contributed by atoms with van der Waals surface area (Å²) in [6.07, 6.45) is 6.05. The van der Waals surface area contributed by atoms with Crippen LogP contribution >= 0.6 is 0 Å². The molecule has 2 aliphatic rings. The average molecular weight is 255 g/mol. The van der Waals surface area contributed by atoms with E-state index in [2.05, 4.69) is 0 Å². The molecule has 0 spiro atoms. The lowest BCUT2D eigenvalue weighted by Crippen LogP contribution is -2.53. The number of nitrogens with two attached hydrogens (primary N) is 1. The third-order valence-electron chi connectivity index (χ3n) is 3.91. The number of carbonyl (C=O) groups is 1. The van der Waals surface area contributed by atoms with E-state index in [4.69, 9.17) is 10.5 Å². The first-order valence-corrected chi connectivity index (χ1v) is 7.16. The first-order chi connectivity index (χ1) is 8.83. The lowest BCUT2D eigenvalue weighted by Gasteiger charge is -2.38. The second-order valence-electron chi connectivity index (χ2n) is 5.16. The molecule has 104 valence electrons. The zero-order valence-electron chi connectivity index (χ0n) is 11.1. The van der Waals surface area contributed by atoms with Crippen molar-refractivity contribution in [1.82, 2.24) is 9.80 Å². The van der Waals surface area contributed by atoms with Crippen molar-refractivity contribution in [3.05, 3.63) is 0 Å². The molecule has 0 aromatic carbocycles. The first-order valence-electron chi connectivity index (χ1n) is 7.16. The maximum absolute atomic E-state index is 12.5. The van der Waals surface area contributed by atoms with E-state index in [0.717, 1.165) is 12.8 Å². The van der Waals surface area contributed by atoms with Gasteiger partial charge in [-0.3, -0.25) is 0 Å². The molecule has 0 unspecified atom stereocenters. The van der Waals surface area contributed by atoms with Crippen molar-refractivity contribution < 1.29 is 9.53 Å². The molecule has 0 bridgehead atoms. The van der Waals surface area contributed by atoms with E-state index in [1.165, 1.54) is 19.3 Å². The predicted molar refractivity (Wildman–Crippen MR) is 70.4 cm³/mol. The van der Waals surface area contributed by atoms with Gasteiger partial charge in [-0.25, -0.2) is 4.79 Å². The zero-order valence-corrected chi connectivity index (χ0v) is 11.1. The van der Waals surface area contributed by atoms with Crippen LogP contribution in [0, 0.1) is 0 Å². The van der Waals surface area contributed by atoms with Gasteiger partial charge in [0.2, 0.25) is 0 Å². The minimum Gasteiger partial charge on any atom is -0.378 e. The summed E-state index contributed by atoms with van der Waals surface area (Å²) in [6, 6.07) is 0.563. The molecule has 0 aromatic rings. The Balaban J connectivity index is 1.96. The zero-order chi connectivity index (χ0) is 12.8. The maximum atomic E-state index is 12.5. The molecule has 0 radical (unpaired) electrons. The fourth-order valence-electron chi connectivity index (χ4n) is 2.90. The number of morpholine rings is 1. The minimum atomic E-state index is 0.163. The number of hydrogen-bond acceptors (Lipinski definition) is 3. The molecule has 5 nitrogen and oxygen atoms in total. The minimum absolute atomic E-state index is 0.163. The molecule has 2 amide bonds. The number of rotatable bonds is 3. The van der Waals surface area contributed by atoms with Crippen LogP contribution < -0.4 is 5.73 Å². The van der Waals surface area contributed by atoms with Crippen LogP contribution in [0.2, 0.25) is 0 Å². The Labute approximate surface area is 109 Å². The summed E-state index contributed by atoms with van der Waals surface area (Å²) in [5, 5.41) is 0. The third kappa shape index (κ3) is 3.36. The molecule has 2 rings (SSSR count). The van der Waals surface area contributed by atoms with E-state index in [9.17, 15) is 4.79 Å². The molecule has 0 atom stereocenters. The fraction of sp³-hybridized carbons (Fsp3) is 0.923. The molecule has 5 heteroatoms. The number of hydrogen-bond donors (Lipinski definition) is 1. The molecule has 2 fully saturated rings. The number of amides is 2. The molecule has 1 aliphatic carbocycles. The summed E-state index contributed by atoms with van der Waals surface area (Å²) < 4.78 is 5.30. The fourth-order valence-corrected chi connectivity index (χ4v) is 2.90. The van der Waals surface area contributed by atoms with Crippen LogP contribution in [0.15, 0.2) is 0 Å². The van der Waals surface area contributed by atoms with Crippen LogP contribution in [0.3, 0.4) is 0 Å². The number of urea groups is 1. The van der Waals surface area contributed by atoms with Crippen LogP contribution in [0.4, 0.5) is 4.79 Å². The Bertz CT molecular complexity index is 261. The summed E-state index contributed by atoms with van der Waals surface area (Å²) in [6.45, 7) is 3.98. The van der Waals surface area contributed by atoms with E-state index in [1.54, 1.807) is 0 Å². The van der Waals surface area contributed by atoms with Gasteiger partial charge in [-0.2, -0.15) is 0 Å². The standard InChI is InChI=1S/C13H25N3O2/c14-6-7-16(12-4-2-1-3-5-12)13(17)15-8-10-18-11-9-15/h12H,1-11,14H2. The highest BCUT2D eigenvalue weighted by Gasteiger charge is 2.28. The monoisotopic (exact) mass is 255 g/mol. The second kappa shape index (κ2) is 6.95. The highest BCUT2D eigenvalue weighted by atomic mass is 16.5. The molecule has 18 heavy (non-hydrogen) atoms. The van der Waals surface area contributed by atoms with Crippen molar-refractivity contribution in [2.45, 2.75) is 38.1 Å². The molecule has 2 N–H and O–H groups in total. The van der Waals surface area contributed by atoms with Crippen LogP contribution in [0.1, 0.15) is 32.1 Å². The van der Waals surface area contributed by atoms with Crippen molar-refractivity contribution in [1.29, 1.82) is 0 Å². The van der Waals surface area contributed by atoms with E-state index >= 15 is 0 Å². The van der Waals surface area contributed by atoms with Crippen molar-refractivity contribution in [2.75, 3.05) is 39.4 Å². The van der Waals surface area contributed by atoms with Gasteiger partial charge in [-0.15, -0.1) is 0 Å². The van der Waals surface area contributed by atoms with E-state index in [1.807, 2.05) is 9.80 Å². The van der Waals surface area contributed by atoms with Gasteiger partial charge in [-0.1, -0.05) is 19.3 Å². The molecule has 1 saturated heterocycles. The van der Waals surface area contributed by atoms with Gasteiger partial charge in [0, 0.05) is 32.2 Å². The largest absolute Gasteiger partial charge is 0.378 e. The lowest BCUT2D eigenvalue weighted by molar-refractivity contribution is 0.0373. The van der Waals surface area contributed by atoms with Gasteiger partial charge in [0.1, 0.15) is 0 Å². The molecule has 1 heterocycles. The van der Waals surface area contributed by atoms with Gasteiger partial charge in [0.05, 0.1) is 13.2 Å². The van der Waals surface area contributed by atoms with Gasteiger partial charge in [0.15, 0.2) is 0 Å². The summed E-state index contributed by atoms with van der Waals surface area (Å²) >= 11 is 0. The van der Waals surface area contributed by atoms with E-state index < -0.39 is 0 Å². The summed E-state index contributed by atoms with van der Waals surface area (Å²) in [5.41, 5.74) is 5.67. The summed E-state index contributed by atoms with van der Waals surface area (Å²) in [7, 11) is 0. The number of carbonyl (C=O) groups excluding carboxylic acids is 1. The maximum Gasteiger partial charge on any atom is 0.320 e. The van der Waals surface area contributed by atoms with Crippen LogP contribution in [-0.2, 0) is 4.74 Å². The van der Waals surface area contributed by atoms with Gasteiger partial charge in [0.25, 0.3) is 0 Å². The van der Waals surface area contributed by atoms with Crippen LogP contribution in [0.25, 0.3) is 0 Å². The second-order valence-corrected chi connectivity index (χ2v) is 5.16. The Morgan fingerprint density at radius 2 is 1.89 bits per heavy atom. The molecule has 0 aromatic heterocycles. The van der Waals surface area contributed by atoms with Gasteiger partial charge >= 0.3 is 6.03 Å². The Morgan fingerprint density at radius 3 is 2.50 bits per heavy atom. The quantitative estimate of drug-likeness (QED) is 0.819. The molecular formula is C13H25N3O2. The number of nitrogens with zero attached hydrogens (tertiary/aromatic N) is 2. The normalized spacial score (nSPS) is 21.9. The van der Waals surface area contributed by atoms with Crippen molar-refractivity contribution >= 4 is 6.03 Å². The average Bonchev–Trinajstić information content (AvgIpc) is 2.46. The highest BCUT2D eigenvalue weighted by molar-refractivity contribution is 5.75. The van der Waals surface area contributed by atoms with E-state index in [0.29, 0.717) is 45.4 Å². The summed E-state index contributed by atoms with van der Waals surface area (Å²) in [5.74, 6) is 0. The van der Waals surface area contributed by atoms with Gasteiger partial charge in [-0.05, 0) is 12.8 Å². The summed E-state index contributed by atoms with van der Waals surface area (Å²) in [4.78, 5) is 16.4. The molecule has 1 saturated carbocycles. The molecule has 1 aliphatic heterocycles. The predicted octanol–water partition coefficient (Wildman–Crippen LogP) is 1.03. The molecular weight excluding hydrogens is 230 g/mol. The highest BCUT2D eigenvalue weighted by Crippen LogP contribution is 2.23. The Hall–Kier alpha value is -0.810. The lowest BCUT2D eigenvalue weighted by atomic mass is 9.94. The van der Waals surface area contributed by atoms with Crippen LogP contribution in [0.5, 0.6) is 0 Å². The number of ether oxygens (including phenoxy) is 1. The van der Waals surface area contributed by atoms with Crippen molar-refractivity contribution in [3.63, 3.8) is 0 Å². The Kier molecular flexibility index (Phi) is 5.26. The SMILES string of the molecule is NCCN(C(=O)N1CCOCC1)C1CCCCC1. The smallest absolute Gasteiger partial charge is 0.320 e. The van der Waals surface area contributed by atoms with E-state index in [-0.39, 0.29) is 6.03 Å². The van der Waals surface area contributed by atoms with Crippen molar-refractivity contribution in [3.8, 4) is 0 Å². The van der Waals surface area contributed by atoms with Crippen molar-refractivity contribution in [2.24, 2.45) is 5.73 Å².